The predicted octanol–water partition coefficient (Wildman–Crippen LogP) is 4.59. The third-order valence-corrected chi connectivity index (χ3v) is 5.48. The molecule has 4 rings (SSSR count). The lowest BCUT2D eigenvalue weighted by Gasteiger charge is -2.17. The van der Waals surface area contributed by atoms with E-state index in [4.69, 9.17) is 9.47 Å². The van der Waals surface area contributed by atoms with Crippen LogP contribution in [0.4, 0.5) is 5.69 Å². The molecular formula is C26H29N3O3. The number of nitrogens with zero attached hydrogens (tertiary/aromatic N) is 2. The monoisotopic (exact) mass is 431 g/mol. The standard InChI is InChI=1S/C26H29N3O3/c1-2-31-25-16-22(9-12-24(25)32-19-21-6-5-13-27-17-21)26(30)28-18-20-7-10-23(11-8-20)29-14-3-4-15-29/h5-13,16-17H,2-4,14-15,18-19H2,1H3,(H,28,30). The minimum Gasteiger partial charge on any atom is -0.490 e. The molecular weight excluding hydrogens is 402 g/mol. The molecule has 0 saturated carbocycles. The number of benzene rings is 2. The Labute approximate surface area is 189 Å². The first-order valence-corrected chi connectivity index (χ1v) is 11.1. The molecule has 0 radical (unpaired) electrons. The van der Waals surface area contributed by atoms with Crippen LogP contribution in [0.5, 0.6) is 11.5 Å². The highest BCUT2D eigenvalue weighted by Gasteiger charge is 2.14. The van der Waals surface area contributed by atoms with E-state index in [1.807, 2.05) is 19.1 Å². The molecule has 1 fully saturated rings. The Morgan fingerprint density at radius 3 is 2.53 bits per heavy atom. The van der Waals surface area contributed by atoms with E-state index in [0.29, 0.717) is 36.8 Å². The van der Waals surface area contributed by atoms with Gasteiger partial charge in [0.15, 0.2) is 11.5 Å². The SMILES string of the molecule is CCOc1cc(C(=O)NCc2ccc(N3CCCC3)cc2)ccc1OCc1cccnc1. The van der Waals surface area contributed by atoms with Gasteiger partial charge in [0.1, 0.15) is 6.61 Å². The van der Waals surface area contributed by atoms with Crippen LogP contribution in [0, 0.1) is 0 Å². The van der Waals surface area contributed by atoms with E-state index in [0.717, 1.165) is 24.2 Å². The minimum absolute atomic E-state index is 0.145. The average Bonchev–Trinajstić information content (AvgIpc) is 3.38. The van der Waals surface area contributed by atoms with Crippen molar-refractivity contribution in [2.24, 2.45) is 0 Å². The summed E-state index contributed by atoms with van der Waals surface area (Å²) in [6, 6.07) is 17.5. The van der Waals surface area contributed by atoms with E-state index in [2.05, 4.69) is 39.5 Å². The van der Waals surface area contributed by atoms with Crippen molar-refractivity contribution in [2.75, 3.05) is 24.6 Å². The molecule has 0 bridgehead atoms. The smallest absolute Gasteiger partial charge is 0.251 e. The van der Waals surface area contributed by atoms with Gasteiger partial charge in [-0.15, -0.1) is 0 Å². The van der Waals surface area contributed by atoms with Crippen LogP contribution in [0.3, 0.4) is 0 Å². The Balaban J connectivity index is 1.36. The van der Waals surface area contributed by atoms with Gasteiger partial charge in [0.2, 0.25) is 0 Å². The van der Waals surface area contributed by atoms with Crippen molar-refractivity contribution in [3.63, 3.8) is 0 Å². The molecule has 3 aromatic rings. The molecule has 0 aliphatic carbocycles. The highest BCUT2D eigenvalue weighted by atomic mass is 16.5. The molecule has 166 valence electrons. The first-order chi connectivity index (χ1) is 15.7. The van der Waals surface area contributed by atoms with Crippen molar-refractivity contribution in [1.82, 2.24) is 10.3 Å². The van der Waals surface area contributed by atoms with Gasteiger partial charge >= 0.3 is 0 Å². The van der Waals surface area contributed by atoms with E-state index < -0.39 is 0 Å². The molecule has 32 heavy (non-hydrogen) atoms. The summed E-state index contributed by atoms with van der Waals surface area (Å²) in [6.45, 7) is 5.50. The van der Waals surface area contributed by atoms with Gasteiger partial charge in [-0.2, -0.15) is 0 Å². The highest BCUT2D eigenvalue weighted by molar-refractivity contribution is 5.94. The molecule has 0 spiro atoms. The minimum atomic E-state index is -0.145. The number of anilines is 1. The summed E-state index contributed by atoms with van der Waals surface area (Å²) in [6.07, 6.45) is 6.01. The van der Waals surface area contributed by atoms with E-state index in [-0.39, 0.29) is 5.91 Å². The van der Waals surface area contributed by atoms with E-state index in [1.165, 1.54) is 18.5 Å². The molecule has 1 saturated heterocycles. The molecule has 6 heteroatoms. The van der Waals surface area contributed by atoms with Crippen LogP contribution in [0.1, 0.15) is 41.3 Å². The summed E-state index contributed by atoms with van der Waals surface area (Å²) >= 11 is 0. The largest absolute Gasteiger partial charge is 0.490 e. The van der Waals surface area contributed by atoms with Gasteiger partial charge in [-0.25, -0.2) is 0 Å². The van der Waals surface area contributed by atoms with Crippen molar-refractivity contribution < 1.29 is 14.3 Å². The molecule has 0 unspecified atom stereocenters. The van der Waals surface area contributed by atoms with Crippen LogP contribution in [0.2, 0.25) is 0 Å². The number of nitrogens with one attached hydrogen (secondary N) is 1. The zero-order valence-electron chi connectivity index (χ0n) is 18.4. The van der Waals surface area contributed by atoms with Gasteiger partial charge < -0.3 is 19.7 Å². The van der Waals surface area contributed by atoms with Crippen LogP contribution in [-0.2, 0) is 13.2 Å². The van der Waals surface area contributed by atoms with Crippen molar-refractivity contribution in [3.8, 4) is 11.5 Å². The number of carbonyl (C=O) groups is 1. The first-order valence-electron chi connectivity index (χ1n) is 11.1. The van der Waals surface area contributed by atoms with Crippen LogP contribution >= 0.6 is 0 Å². The zero-order valence-corrected chi connectivity index (χ0v) is 18.4. The number of ether oxygens (including phenoxy) is 2. The van der Waals surface area contributed by atoms with E-state index in [9.17, 15) is 4.79 Å². The van der Waals surface area contributed by atoms with Crippen molar-refractivity contribution >= 4 is 11.6 Å². The van der Waals surface area contributed by atoms with Gasteiger partial charge in [-0.3, -0.25) is 9.78 Å². The zero-order chi connectivity index (χ0) is 22.2. The van der Waals surface area contributed by atoms with Crippen LogP contribution in [0.25, 0.3) is 0 Å². The number of pyridine rings is 1. The second kappa shape index (κ2) is 10.7. The summed E-state index contributed by atoms with van der Waals surface area (Å²) in [5.41, 5.74) is 3.83. The lowest BCUT2D eigenvalue weighted by atomic mass is 10.1. The Morgan fingerprint density at radius 2 is 1.81 bits per heavy atom. The summed E-state index contributed by atoms with van der Waals surface area (Å²) in [5.74, 6) is 1.01. The predicted molar refractivity (Wildman–Crippen MR) is 125 cm³/mol. The lowest BCUT2D eigenvalue weighted by Crippen LogP contribution is -2.23. The second-order valence-electron chi connectivity index (χ2n) is 7.79. The Bertz CT molecular complexity index is 1020. The Hall–Kier alpha value is -3.54. The summed E-state index contributed by atoms with van der Waals surface area (Å²) in [4.78, 5) is 19.2. The number of hydrogen-bond donors (Lipinski definition) is 1. The first kappa shape index (κ1) is 21.7. The number of aromatic nitrogens is 1. The number of amides is 1. The quantitative estimate of drug-likeness (QED) is 0.537. The maximum Gasteiger partial charge on any atom is 0.251 e. The number of carbonyl (C=O) groups excluding carboxylic acids is 1. The van der Waals surface area contributed by atoms with Crippen LogP contribution < -0.4 is 19.7 Å². The van der Waals surface area contributed by atoms with Gasteiger partial charge in [0.05, 0.1) is 6.61 Å². The maximum absolute atomic E-state index is 12.7. The molecule has 0 atom stereocenters. The maximum atomic E-state index is 12.7. The van der Waals surface area contributed by atoms with Crippen LogP contribution in [-0.4, -0.2) is 30.6 Å². The van der Waals surface area contributed by atoms with Crippen molar-refractivity contribution in [3.05, 3.63) is 83.7 Å². The van der Waals surface area contributed by atoms with Gasteiger partial charge in [0.25, 0.3) is 5.91 Å². The average molecular weight is 432 g/mol. The molecule has 1 amide bonds. The van der Waals surface area contributed by atoms with Gasteiger partial charge in [-0.1, -0.05) is 18.2 Å². The van der Waals surface area contributed by atoms with Gasteiger partial charge in [0, 0.05) is 48.8 Å². The third-order valence-electron chi connectivity index (χ3n) is 5.48. The Morgan fingerprint density at radius 1 is 1.00 bits per heavy atom. The van der Waals surface area contributed by atoms with E-state index in [1.54, 1.807) is 30.6 Å². The molecule has 1 N–H and O–H groups in total. The van der Waals surface area contributed by atoms with Crippen molar-refractivity contribution in [1.29, 1.82) is 0 Å². The fourth-order valence-corrected chi connectivity index (χ4v) is 3.77. The molecule has 1 aliphatic heterocycles. The molecule has 2 heterocycles. The lowest BCUT2D eigenvalue weighted by molar-refractivity contribution is 0.0950. The normalized spacial score (nSPS) is 13.1. The van der Waals surface area contributed by atoms with E-state index >= 15 is 0 Å². The number of rotatable bonds is 9. The summed E-state index contributed by atoms with van der Waals surface area (Å²) in [7, 11) is 0. The van der Waals surface area contributed by atoms with Crippen molar-refractivity contribution in [2.45, 2.75) is 32.9 Å². The molecule has 1 aromatic heterocycles. The van der Waals surface area contributed by atoms with Gasteiger partial charge in [-0.05, 0) is 61.7 Å². The fourth-order valence-electron chi connectivity index (χ4n) is 3.77. The van der Waals surface area contributed by atoms with Crippen LogP contribution in [0.15, 0.2) is 67.0 Å². The number of hydrogen-bond acceptors (Lipinski definition) is 5. The molecule has 1 aliphatic rings. The summed E-state index contributed by atoms with van der Waals surface area (Å²) in [5, 5.41) is 2.99. The molecule has 6 nitrogen and oxygen atoms in total. The third kappa shape index (κ3) is 5.58. The molecule has 2 aromatic carbocycles. The topological polar surface area (TPSA) is 63.7 Å². The second-order valence-corrected chi connectivity index (χ2v) is 7.79. The summed E-state index contributed by atoms with van der Waals surface area (Å²) < 4.78 is 11.6. The highest BCUT2D eigenvalue weighted by Crippen LogP contribution is 2.29. The fraction of sp³-hybridized carbons (Fsp3) is 0.308. The Kier molecular flexibility index (Phi) is 7.23.